The van der Waals surface area contributed by atoms with Gasteiger partial charge >= 0.3 is 0 Å². The zero-order valence-corrected chi connectivity index (χ0v) is 11.7. The molecule has 1 heterocycles. The number of benzene rings is 1. The molecule has 2 rings (SSSR count). The molecule has 1 atom stereocenters. The molecule has 1 N–H and O–H groups in total. The first-order chi connectivity index (χ1) is 8.06. The molecular weight excluding hydrogens is 303 g/mol. The second kappa shape index (κ2) is 5.29. The molecule has 90 valence electrons. The molecule has 1 aromatic carbocycles. The second-order valence-corrected chi connectivity index (χ2v) is 5.82. The molecule has 0 amide bonds. The molecule has 1 nitrogen and oxygen atoms in total. The van der Waals surface area contributed by atoms with Crippen LogP contribution in [-0.4, -0.2) is 5.11 Å². The largest absolute Gasteiger partial charge is 0.387 e. The van der Waals surface area contributed by atoms with Gasteiger partial charge in [0, 0.05) is 21.2 Å². The highest BCUT2D eigenvalue weighted by Crippen LogP contribution is 2.28. The molecule has 0 radical (unpaired) electrons. The van der Waals surface area contributed by atoms with Crippen LogP contribution < -0.4 is 0 Å². The topological polar surface area (TPSA) is 20.2 Å². The maximum absolute atomic E-state index is 12.9. The summed E-state index contributed by atoms with van der Waals surface area (Å²) < 4.78 is 13.9. The van der Waals surface area contributed by atoms with E-state index in [0.29, 0.717) is 6.42 Å². The van der Waals surface area contributed by atoms with E-state index in [-0.39, 0.29) is 5.82 Å². The number of aliphatic hydroxyl groups is 1. The fourth-order valence-electron chi connectivity index (χ4n) is 1.70. The predicted molar refractivity (Wildman–Crippen MR) is 71.8 cm³/mol. The molecule has 2 aromatic rings. The number of rotatable bonds is 3. The van der Waals surface area contributed by atoms with Crippen LogP contribution in [0, 0.1) is 12.7 Å². The van der Waals surface area contributed by atoms with E-state index in [1.807, 2.05) is 18.4 Å². The molecule has 0 saturated carbocycles. The van der Waals surface area contributed by atoms with Crippen LogP contribution in [0.3, 0.4) is 0 Å². The SMILES string of the molecule is Cc1cc(F)ccc1CC(O)c1cc(Br)cs1. The third kappa shape index (κ3) is 3.15. The summed E-state index contributed by atoms with van der Waals surface area (Å²) in [5.74, 6) is -0.236. The summed E-state index contributed by atoms with van der Waals surface area (Å²) in [5, 5.41) is 12.0. The molecule has 4 heteroatoms. The maximum Gasteiger partial charge on any atom is 0.123 e. The average Bonchev–Trinajstić information content (AvgIpc) is 2.69. The molecule has 0 aliphatic carbocycles. The number of aliphatic hydroxyl groups excluding tert-OH is 1. The minimum atomic E-state index is -0.532. The maximum atomic E-state index is 12.9. The zero-order valence-electron chi connectivity index (χ0n) is 9.28. The van der Waals surface area contributed by atoms with Crippen molar-refractivity contribution >= 4 is 27.3 Å². The summed E-state index contributed by atoms with van der Waals surface area (Å²) in [6.07, 6.45) is -0.0190. The molecule has 1 aromatic heterocycles. The van der Waals surface area contributed by atoms with Crippen molar-refractivity contribution in [3.05, 3.63) is 55.9 Å². The van der Waals surface area contributed by atoms with Gasteiger partial charge in [-0.1, -0.05) is 6.07 Å². The highest BCUT2D eigenvalue weighted by Gasteiger charge is 2.12. The number of halogens is 2. The van der Waals surface area contributed by atoms with Crippen LogP contribution in [0.5, 0.6) is 0 Å². The molecule has 0 aliphatic rings. The normalized spacial score (nSPS) is 12.7. The van der Waals surface area contributed by atoms with Gasteiger partial charge in [-0.3, -0.25) is 0 Å². The molecule has 0 aliphatic heterocycles. The predicted octanol–water partition coefficient (Wildman–Crippen LogP) is 4.23. The fraction of sp³-hybridized carbons (Fsp3) is 0.231. The van der Waals surface area contributed by atoms with E-state index in [4.69, 9.17) is 0 Å². The lowest BCUT2D eigenvalue weighted by atomic mass is 10.0. The molecule has 0 spiro atoms. The first-order valence-corrected chi connectivity index (χ1v) is 6.90. The number of aryl methyl sites for hydroxylation is 1. The highest BCUT2D eigenvalue weighted by atomic mass is 79.9. The smallest absolute Gasteiger partial charge is 0.123 e. The van der Waals surface area contributed by atoms with Crippen molar-refractivity contribution in [3.63, 3.8) is 0 Å². The van der Waals surface area contributed by atoms with Crippen LogP contribution in [0.15, 0.2) is 34.1 Å². The van der Waals surface area contributed by atoms with E-state index < -0.39 is 6.10 Å². The number of thiophene rings is 1. The summed E-state index contributed by atoms with van der Waals surface area (Å²) in [7, 11) is 0. The lowest BCUT2D eigenvalue weighted by Crippen LogP contribution is -2.01. The first-order valence-electron chi connectivity index (χ1n) is 5.23. The van der Waals surface area contributed by atoms with Gasteiger partial charge in [0.1, 0.15) is 5.82 Å². The van der Waals surface area contributed by atoms with E-state index in [0.717, 1.165) is 20.5 Å². The third-order valence-electron chi connectivity index (χ3n) is 2.63. The van der Waals surface area contributed by atoms with Gasteiger partial charge in [-0.15, -0.1) is 11.3 Å². The Morgan fingerprint density at radius 1 is 1.41 bits per heavy atom. The standard InChI is InChI=1S/C13H12BrFOS/c1-8-4-11(15)3-2-9(8)5-12(16)13-6-10(14)7-17-13/h2-4,6-7,12,16H,5H2,1H3. The van der Waals surface area contributed by atoms with Gasteiger partial charge in [0.2, 0.25) is 0 Å². The van der Waals surface area contributed by atoms with E-state index >= 15 is 0 Å². The summed E-state index contributed by atoms with van der Waals surface area (Å²) in [5.41, 5.74) is 1.85. The van der Waals surface area contributed by atoms with Gasteiger partial charge in [0.15, 0.2) is 0 Å². The zero-order chi connectivity index (χ0) is 12.4. The van der Waals surface area contributed by atoms with Crippen LogP contribution >= 0.6 is 27.3 Å². The summed E-state index contributed by atoms with van der Waals surface area (Å²) in [6, 6.07) is 6.57. The summed E-state index contributed by atoms with van der Waals surface area (Å²) in [4.78, 5) is 0.917. The monoisotopic (exact) mass is 314 g/mol. The Morgan fingerprint density at radius 3 is 2.76 bits per heavy atom. The average molecular weight is 315 g/mol. The molecule has 0 saturated heterocycles. The highest BCUT2D eigenvalue weighted by molar-refractivity contribution is 9.10. The lowest BCUT2D eigenvalue weighted by molar-refractivity contribution is 0.182. The second-order valence-electron chi connectivity index (χ2n) is 3.96. The van der Waals surface area contributed by atoms with Gasteiger partial charge in [-0.25, -0.2) is 4.39 Å². The van der Waals surface area contributed by atoms with Crippen molar-refractivity contribution in [2.75, 3.05) is 0 Å². The van der Waals surface area contributed by atoms with E-state index in [2.05, 4.69) is 15.9 Å². The van der Waals surface area contributed by atoms with Crippen LogP contribution in [0.25, 0.3) is 0 Å². The molecular formula is C13H12BrFOS. The van der Waals surface area contributed by atoms with Crippen LogP contribution in [0.4, 0.5) is 4.39 Å². The van der Waals surface area contributed by atoms with Gasteiger partial charge < -0.3 is 5.11 Å². The van der Waals surface area contributed by atoms with E-state index in [1.54, 1.807) is 6.07 Å². The Bertz CT molecular complexity index is 524. The molecule has 0 bridgehead atoms. The molecule has 0 fully saturated rings. The number of hydrogen-bond acceptors (Lipinski definition) is 2. The Hall–Kier alpha value is -0.710. The molecule has 17 heavy (non-hydrogen) atoms. The Kier molecular flexibility index (Phi) is 3.97. The van der Waals surface area contributed by atoms with Crippen LogP contribution in [0.1, 0.15) is 22.1 Å². The Labute approximate surface area is 112 Å². The van der Waals surface area contributed by atoms with Crippen molar-refractivity contribution in [1.29, 1.82) is 0 Å². The minimum absolute atomic E-state index is 0.236. The summed E-state index contributed by atoms with van der Waals surface area (Å²) in [6.45, 7) is 1.86. The van der Waals surface area contributed by atoms with E-state index in [9.17, 15) is 9.50 Å². The summed E-state index contributed by atoms with van der Waals surface area (Å²) >= 11 is 4.87. The first kappa shape index (κ1) is 12.7. The molecule has 1 unspecified atom stereocenters. The van der Waals surface area contributed by atoms with Gasteiger partial charge in [-0.05, 0) is 52.2 Å². The van der Waals surface area contributed by atoms with Gasteiger partial charge in [-0.2, -0.15) is 0 Å². The van der Waals surface area contributed by atoms with Crippen molar-refractivity contribution in [3.8, 4) is 0 Å². The van der Waals surface area contributed by atoms with Crippen LogP contribution in [-0.2, 0) is 6.42 Å². The van der Waals surface area contributed by atoms with E-state index in [1.165, 1.54) is 23.5 Å². The number of hydrogen-bond donors (Lipinski definition) is 1. The Balaban J connectivity index is 2.15. The van der Waals surface area contributed by atoms with Crippen molar-refractivity contribution in [2.24, 2.45) is 0 Å². The fourth-order valence-corrected chi connectivity index (χ4v) is 3.13. The lowest BCUT2D eigenvalue weighted by Gasteiger charge is -2.10. The Morgan fingerprint density at radius 2 is 2.18 bits per heavy atom. The van der Waals surface area contributed by atoms with Crippen LogP contribution in [0.2, 0.25) is 0 Å². The van der Waals surface area contributed by atoms with Crippen molar-refractivity contribution in [1.82, 2.24) is 0 Å². The minimum Gasteiger partial charge on any atom is -0.387 e. The van der Waals surface area contributed by atoms with Crippen molar-refractivity contribution in [2.45, 2.75) is 19.4 Å². The quantitative estimate of drug-likeness (QED) is 0.898. The third-order valence-corrected chi connectivity index (χ3v) is 4.43. The van der Waals surface area contributed by atoms with Gasteiger partial charge in [0.05, 0.1) is 6.10 Å². The van der Waals surface area contributed by atoms with Gasteiger partial charge in [0.25, 0.3) is 0 Å². The van der Waals surface area contributed by atoms with Crippen molar-refractivity contribution < 1.29 is 9.50 Å².